The lowest BCUT2D eigenvalue weighted by molar-refractivity contribution is 1.13. The van der Waals surface area contributed by atoms with Gasteiger partial charge in [0.1, 0.15) is 0 Å². The quantitative estimate of drug-likeness (QED) is 0.133. The Morgan fingerprint density at radius 2 is 0.683 bits per heavy atom. The average molecular weight is 823 g/mol. The molecule has 0 saturated heterocycles. The summed E-state index contributed by atoms with van der Waals surface area (Å²) >= 11 is 1.84. The summed E-state index contributed by atoms with van der Waals surface area (Å²) in [5.74, 6) is 0. The lowest BCUT2D eigenvalue weighted by Crippen LogP contribution is -2.09. The van der Waals surface area contributed by atoms with Crippen LogP contribution in [-0.4, -0.2) is 4.57 Å². The standard InChI is InChI=1S/C60H42N2S/c1-6-16-43(17-7-1)45-26-33-52(34-27-45)61(53-35-28-46(29-36-53)44-18-8-2-9-19-44)54-37-30-47(31-38-54)57-40-41-58(63-57)50-32-39-56-55(42-50)59(48-20-10-3-11-21-48)60(49-22-12-4-13-23-49)62(56)51-24-14-5-15-25-51/h1-42H. The Hall–Kier alpha value is -7.98. The number of rotatable bonds is 10. The molecule has 0 spiro atoms. The number of hydrogen-bond acceptors (Lipinski definition) is 2. The van der Waals surface area contributed by atoms with Crippen molar-refractivity contribution in [2.75, 3.05) is 4.90 Å². The molecule has 0 amide bonds. The third-order valence-corrected chi connectivity index (χ3v) is 13.0. The van der Waals surface area contributed by atoms with Gasteiger partial charge in [0.2, 0.25) is 0 Å². The predicted molar refractivity (Wildman–Crippen MR) is 268 cm³/mol. The first-order chi connectivity index (χ1) is 31.2. The van der Waals surface area contributed by atoms with Gasteiger partial charge in [0, 0.05) is 43.5 Å². The van der Waals surface area contributed by atoms with E-state index in [9.17, 15) is 0 Å². The van der Waals surface area contributed by atoms with Gasteiger partial charge >= 0.3 is 0 Å². The van der Waals surface area contributed by atoms with E-state index in [1.807, 2.05) is 11.3 Å². The lowest BCUT2D eigenvalue weighted by Gasteiger charge is -2.26. The maximum absolute atomic E-state index is 2.43. The molecule has 0 aliphatic rings. The third kappa shape index (κ3) is 7.46. The molecule has 0 bridgehead atoms. The molecular formula is C60H42N2S. The van der Waals surface area contributed by atoms with Gasteiger partial charge in [-0.05, 0) is 117 Å². The molecule has 11 rings (SSSR count). The van der Waals surface area contributed by atoms with E-state index in [-0.39, 0.29) is 0 Å². The number of aromatic nitrogens is 1. The second kappa shape index (κ2) is 16.8. The van der Waals surface area contributed by atoms with Crippen molar-refractivity contribution in [1.82, 2.24) is 4.57 Å². The summed E-state index contributed by atoms with van der Waals surface area (Å²) in [6.45, 7) is 0. The SMILES string of the molecule is c1ccc(-c2ccc(N(c3ccc(-c4ccccc4)cc3)c3ccc(-c4ccc(-c5ccc6c(c5)c(-c5ccccc5)c(-c5ccccc5)n6-c5ccccc5)s4)cc3)cc2)cc1. The molecule has 2 heterocycles. The lowest BCUT2D eigenvalue weighted by atomic mass is 9.97. The molecule has 0 unspecified atom stereocenters. The van der Waals surface area contributed by atoms with Gasteiger partial charge in [-0.15, -0.1) is 11.3 Å². The van der Waals surface area contributed by atoms with Gasteiger partial charge in [-0.25, -0.2) is 0 Å². The Balaban J connectivity index is 0.958. The number of fused-ring (bicyclic) bond motifs is 1. The van der Waals surface area contributed by atoms with Crippen molar-refractivity contribution >= 4 is 39.3 Å². The first kappa shape index (κ1) is 38.0. The fraction of sp³-hybridized carbons (Fsp3) is 0. The van der Waals surface area contributed by atoms with Crippen LogP contribution in [0.2, 0.25) is 0 Å². The Morgan fingerprint density at radius 1 is 0.302 bits per heavy atom. The molecule has 2 nitrogen and oxygen atoms in total. The Bertz CT molecular complexity index is 3180. The summed E-state index contributed by atoms with van der Waals surface area (Å²) in [6, 6.07) is 91.8. The highest BCUT2D eigenvalue weighted by atomic mass is 32.1. The minimum atomic E-state index is 1.10. The second-order valence-electron chi connectivity index (χ2n) is 15.7. The number of thiophene rings is 1. The average Bonchev–Trinajstić information content (AvgIpc) is 4.00. The Labute approximate surface area is 372 Å². The van der Waals surface area contributed by atoms with E-state index in [0.717, 1.165) is 22.7 Å². The van der Waals surface area contributed by atoms with Gasteiger partial charge < -0.3 is 9.47 Å². The number of nitrogens with zero attached hydrogens (tertiary/aromatic N) is 2. The molecule has 298 valence electrons. The van der Waals surface area contributed by atoms with Crippen molar-refractivity contribution in [3.05, 3.63) is 255 Å². The summed E-state index contributed by atoms with van der Waals surface area (Å²) < 4.78 is 2.43. The van der Waals surface area contributed by atoms with Crippen molar-refractivity contribution in [2.45, 2.75) is 0 Å². The first-order valence-corrected chi connectivity index (χ1v) is 22.2. The maximum atomic E-state index is 2.43. The molecule has 3 heteroatoms. The monoisotopic (exact) mass is 822 g/mol. The fourth-order valence-electron chi connectivity index (χ4n) is 8.79. The van der Waals surface area contributed by atoms with E-state index >= 15 is 0 Å². The number of benzene rings is 9. The molecule has 2 aromatic heterocycles. The number of hydrogen-bond donors (Lipinski definition) is 0. The third-order valence-electron chi connectivity index (χ3n) is 11.9. The molecule has 0 aliphatic carbocycles. The van der Waals surface area contributed by atoms with Crippen molar-refractivity contribution in [3.63, 3.8) is 0 Å². The van der Waals surface area contributed by atoms with Crippen molar-refractivity contribution < 1.29 is 0 Å². The van der Waals surface area contributed by atoms with E-state index in [1.54, 1.807) is 0 Å². The second-order valence-corrected chi connectivity index (χ2v) is 16.8. The van der Waals surface area contributed by atoms with Crippen LogP contribution in [0.25, 0.3) is 82.1 Å². The van der Waals surface area contributed by atoms with Gasteiger partial charge in [-0.1, -0.05) is 182 Å². The summed E-state index contributed by atoms with van der Waals surface area (Å²) in [4.78, 5) is 4.82. The van der Waals surface area contributed by atoms with Crippen LogP contribution in [0.5, 0.6) is 0 Å². The van der Waals surface area contributed by atoms with E-state index in [1.165, 1.54) is 76.4 Å². The molecule has 0 radical (unpaired) electrons. The summed E-state index contributed by atoms with van der Waals surface area (Å²) in [7, 11) is 0. The fourth-order valence-corrected chi connectivity index (χ4v) is 9.80. The first-order valence-electron chi connectivity index (χ1n) is 21.4. The molecule has 11 aromatic rings. The van der Waals surface area contributed by atoms with Crippen LogP contribution in [-0.2, 0) is 0 Å². The maximum Gasteiger partial charge on any atom is 0.0619 e. The van der Waals surface area contributed by atoms with Gasteiger partial charge in [0.25, 0.3) is 0 Å². The largest absolute Gasteiger partial charge is 0.311 e. The summed E-state index contributed by atoms with van der Waals surface area (Å²) in [5.41, 5.74) is 17.7. The topological polar surface area (TPSA) is 8.17 Å². The van der Waals surface area contributed by atoms with Crippen LogP contribution in [0.3, 0.4) is 0 Å². The van der Waals surface area contributed by atoms with Crippen LogP contribution in [0.1, 0.15) is 0 Å². The smallest absolute Gasteiger partial charge is 0.0619 e. The molecule has 0 fully saturated rings. The minimum absolute atomic E-state index is 1.10. The van der Waals surface area contributed by atoms with E-state index in [0.29, 0.717) is 0 Å². The van der Waals surface area contributed by atoms with Crippen molar-refractivity contribution in [3.8, 4) is 71.2 Å². The van der Waals surface area contributed by atoms with E-state index < -0.39 is 0 Å². The number of para-hydroxylation sites is 1. The van der Waals surface area contributed by atoms with Crippen LogP contribution in [0.4, 0.5) is 17.1 Å². The van der Waals surface area contributed by atoms with Crippen molar-refractivity contribution in [2.24, 2.45) is 0 Å². The van der Waals surface area contributed by atoms with Gasteiger partial charge in [-0.3, -0.25) is 0 Å². The Kier molecular flexibility index (Phi) is 10.1. The summed E-state index contributed by atoms with van der Waals surface area (Å²) in [5, 5.41) is 1.23. The van der Waals surface area contributed by atoms with Crippen LogP contribution < -0.4 is 4.90 Å². The number of anilines is 3. The van der Waals surface area contributed by atoms with Gasteiger partial charge in [0.15, 0.2) is 0 Å². The van der Waals surface area contributed by atoms with E-state index in [2.05, 4.69) is 264 Å². The van der Waals surface area contributed by atoms with Gasteiger partial charge in [-0.2, -0.15) is 0 Å². The zero-order valence-corrected chi connectivity index (χ0v) is 35.4. The molecule has 9 aromatic carbocycles. The molecule has 0 saturated carbocycles. The molecular weight excluding hydrogens is 781 g/mol. The Morgan fingerprint density at radius 3 is 1.17 bits per heavy atom. The summed E-state index contributed by atoms with van der Waals surface area (Å²) in [6.07, 6.45) is 0. The van der Waals surface area contributed by atoms with Crippen LogP contribution in [0, 0.1) is 0 Å². The predicted octanol–water partition coefficient (Wildman–Crippen LogP) is 17.2. The normalized spacial score (nSPS) is 11.2. The molecule has 0 aliphatic heterocycles. The highest BCUT2D eigenvalue weighted by Gasteiger charge is 2.22. The van der Waals surface area contributed by atoms with Crippen LogP contribution in [0.15, 0.2) is 255 Å². The van der Waals surface area contributed by atoms with Crippen molar-refractivity contribution in [1.29, 1.82) is 0 Å². The zero-order valence-electron chi connectivity index (χ0n) is 34.6. The van der Waals surface area contributed by atoms with Gasteiger partial charge in [0.05, 0.1) is 11.2 Å². The highest BCUT2D eigenvalue weighted by Crippen LogP contribution is 2.45. The minimum Gasteiger partial charge on any atom is -0.311 e. The highest BCUT2D eigenvalue weighted by molar-refractivity contribution is 7.18. The molecule has 0 N–H and O–H groups in total. The molecule has 63 heavy (non-hydrogen) atoms. The van der Waals surface area contributed by atoms with Crippen LogP contribution >= 0.6 is 11.3 Å². The zero-order chi connectivity index (χ0) is 42.0. The van der Waals surface area contributed by atoms with E-state index in [4.69, 9.17) is 0 Å². The molecule has 0 atom stereocenters.